The molecule has 0 bridgehead atoms. The van der Waals surface area contributed by atoms with E-state index in [1.807, 2.05) is 0 Å². The van der Waals surface area contributed by atoms with E-state index in [-0.39, 0.29) is 0 Å². The highest BCUT2D eigenvalue weighted by Gasteiger charge is 2.46. The van der Waals surface area contributed by atoms with E-state index in [9.17, 15) is 0 Å². The van der Waals surface area contributed by atoms with Crippen LogP contribution in [0.1, 0.15) is 6.42 Å². The first-order valence-corrected chi connectivity index (χ1v) is 24.3. The summed E-state index contributed by atoms with van der Waals surface area (Å²) in [4.78, 5) is 0. The van der Waals surface area contributed by atoms with Gasteiger partial charge in [0.2, 0.25) is 0 Å². The average molecular weight is 447 g/mol. The van der Waals surface area contributed by atoms with Gasteiger partial charge in [-0.1, -0.05) is 0 Å². The van der Waals surface area contributed by atoms with Crippen LogP contribution in [0, 0.1) is 0 Å². The van der Waals surface area contributed by atoms with Crippen LogP contribution in [-0.4, -0.2) is 48.2 Å². The van der Waals surface area contributed by atoms with Gasteiger partial charge >= 0.3 is 25.7 Å². The van der Waals surface area contributed by atoms with Gasteiger partial charge in [-0.25, -0.2) is 0 Å². The molecular formula is C14H39ClO4Si5. The van der Waals surface area contributed by atoms with E-state index in [2.05, 4.69) is 72.0 Å². The molecule has 0 heterocycles. The Morgan fingerprint density at radius 3 is 1.17 bits per heavy atom. The number of halogens is 1. The maximum atomic E-state index is 6.63. The van der Waals surface area contributed by atoms with Gasteiger partial charge in [-0.15, -0.1) is 11.6 Å². The molecule has 0 atom stereocenters. The first kappa shape index (κ1) is 25.2. The third kappa shape index (κ3) is 12.5. The minimum absolute atomic E-state index is 0.628. The van der Waals surface area contributed by atoms with Crippen LogP contribution in [0.15, 0.2) is 0 Å². The van der Waals surface area contributed by atoms with Crippen molar-refractivity contribution in [2.75, 3.05) is 5.88 Å². The molecule has 0 saturated heterocycles. The fourth-order valence-corrected chi connectivity index (χ4v) is 26.8. The zero-order chi connectivity index (χ0) is 19.4. The van der Waals surface area contributed by atoms with Crippen molar-refractivity contribution >= 4 is 53.9 Å². The van der Waals surface area contributed by atoms with Crippen LogP contribution in [0.5, 0.6) is 0 Å². The first-order valence-electron chi connectivity index (χ1n) is 8.75. The van der Waals surface area contributed by atoms with E-state index in [4.69, 9.17) is 28.1 Å². The average Bonchev–Trinajstić information content (AvgIpc) is 2.16. The number of hydrogen-bond acceptors (Lipinski definition) is 4. The predicted octanol–water partition coefficient (Wildman–Crippen LogP) is 5.83. The van der Waals surface area contributed by atoms with Gasteiger partial charge in [0.1, 0.15) is 0 Å². The summed E-state index contributed by atoms with van der Waals surface area (Å²) >= 11 is 5.95. The standard InChI is InChI=1S/C14H39ClO4Si5/c1-20(2,3)16-22(7,8)18-24(11,14-12-13-15)19-23(9,10)17-21(4,5)6/h12-14H2,1-11H3. The second-order valence-corrected chi connectivity index (χ2v) is 29.8. The van der Waals surface area contributed by atoms with Crippen molar-refractivity contribution in [2.45, 2.75) is 84.5 Å². The second-order valence-electron chi connectivity index (χ2n) is 9.36. The molecule has 0 amide bonds. The van der Waals surface area contributed by atoms with Gasteiger partial charge in [-0.2, -0.15) is 0 Å². The minimum atomic E-state index is -2.41. The minimum Gasteiger partial charge on any atom is -0.437 e. The third-order valence-corrected chi connectivity index (χ3v) is 20.5. The molecule has 0 aromatic carbocycles. The Kier molecular flexibility index (Phi) is 9.39. The van der Waals surface area contributed by atoms with Crippen molar-refractivity contribution in [3.63, 3.8) is 0 Å². The summed E-state index contributed by atoms with van der Waals surface area (Å²) in [5.41, 5.74) is 0. The largest absolute Gasteiger partial charge is 0.437 e. The Bertz CT molecular complexity index is 364. The van der Waals surface area contributed by atoms with Gasteiger partial charge < -0.3 is 16.5 Å². The van der Waals surface area contributed by atoms with Crippen LogP contribution in [0.3, 0.4) is 0 Å². The lowest BCUT2D eigenvalue weighted by Gasteiger charge is -2.43. The molecule has 0 N–H and O–H groups in total. The van der Waals surface area contributed by atoms with E-state index in [1.54, 1.807) is 0 Å². The van der Waals surface area contributed by atoms with Gasteiger partial charge in [-0.3, -0.25) is 0 Å². The van der Waals surface area contributed by atoms with Crippen molar-refractivity contribution in [2.24, 2.45) is 0 Å². The van der Waals surface area contributed by atoms with E-state index >= 15 is 0 Å². The van der Waals surface area contributed by atoms with Gasteiger partial charge in [0.05, 0.1) is 0 Å². The maximum Gasteiger partial charge on any atom is 0.317 e. The van der Waals surface area contributed by atoms with Crippen molar-refractivity contribution in [1.82, 2.24) is 0 Å². The van der Waals surface area contributed by atoms with E-state index in [0.29, 0.717) is 5.88 Å². The van der Waals surface area contributed by atoms with Crippen LogP contribution in [0.25, 0.3) is 0 Å². The summed E-state index contributed by atoms with van der Waals surface area (Å²) in [5, 5.41) is 0. The molecule has 0 aliphatic rings. The molecule has 0 aliphatic carbocycles. The molecule has 0 rings (SSSR count). The number of hydrogen-bond donors (Lipinski definition) is 0. The lowest BCUT2D eigenvalue weighted by Crippen LogP contribution is -2.59. The predicted molar refractivity (Wildman–Crippen MR) is 118 cm³/mol. The van der Waals surface area contributed by atoms with Crippen molar-refractivity contribution in [3.8, 4) is 0 Å². The number of rotatable bonds is 11. The molecule has 0 fully saturated rings. The molecule has 0 unspecified atom stereocenters. The SMILES string of the molecule is C[Si](C)(C)O[Si](C)(C)O[Si](C)(CCCCl)O[Si](C)(C)O[Si](C)(C)C. The fraction of sp³-hybridized carbons (Fsp3) is 1.00. The molecule has 10 heteroatoms. The van der Waals surface area contributed by atoms with Gasteiger partial charge in [-0.05, 0) is 84.5 Å². The van der Waals surface area contributed by atoms with Crippen molar-refractivity contribution in [1.29, 1.82) is 0 Å². The van der Waals surface area contributed by atoms with Gasteiger partial charge in [0.25, 0.3) is 0 Å². The monoisotopic (exact) mass is 446 g/mol. The van der Waals surface area contributed by atoms with E-state index in [1.165, 1.54) is 0 Å². The molecule has 0 saturated carbocycles. The molecule has 0 aliphatic heterocycles. The molecule has 0 spiro atoms. The van der Waals surface area contributed by atoms with Crippen LogP contribution in [0.2, 0.25) is 78.1 Å². The Morgan fingerprint density at radius 2 is 0.917 bits per heavy atom. The van der Waals surface area contributed by atoms with Crippen molar-refractivity contribution < 1.29 is 16.5 Å². The quantitative estimate of drug-likeness (QED) is 0.295. The van der Waals surface area contributed by atoms with Gasteiger partial charge in [0, 0.05) is 5.88 Å². The Hall–Kier alpha value is 1.21. The molecule has 0 radical (unpaired) electrons. The van der Waals surface area contributed by atoms with Crippen LogP contribution in [-0.2, 0) is 16.5 Å². The fourth-order valence-electron chi connectivity index (χ4n) is 3.07. The van der Waals surface area contributed by atoms with Crippen molar-refractivity contribution in [3.05, 3.63) is 0 Å². The van der Waals surface area contributed by atoms with Crippen LogP contribution < -0.4 is 0 Å². The zero-order valence-corrected chi connectivity index (χ0v) is 23.4. The Morgan fingerprint density at radius 1 is 0.583 bits per heavy atom. The molecular weight excluding hydrogens is 408 g/mol. The van der Waals surface area contributed by atoms with Crippen LogP contribution in [0.4, 0.5) is 0 Å². The molecule has 146 valence electrons. The van der Waals surface area contributed by atoms with Crippen LogP contribution >= 0.6 is 11.6 Å². The highest BCUT2D eigenvalue weighted by molar-refractivity contribution is 6.90. The summed E-state index contributed by atoms with van der Waals surface area (Å²) < 4.78 is 26.0. The lowest BCUT2D eigenvalue weighted by molar-refractivity contribution is 0.293. The van der Waals surface area contributed by atoms with E-state index < -0.39 is 42.3 Å². The normalized spacial score (nSPS) is 15.0. The number of alkyl halides is 1. The van der Waals surface area contributed by atoms with Gasteiger partial charge in [0.15, 0.2) is 16.6 Å². The summed E-state index contributed by atoms with van der Waals surface area (Å²) in [6.07, 6.45) is 0.902. The molecule has 0 aromatic heterocycles. The Balaban J connectivity index is 5.26. The zero-order valence-electron chi connectivity index (χ0n) is 17.6. The summed E-state index contributed by atoms with van der Waals surface area (Å²) in [7, 11) is -10.2. The Labute approximate surface area is 160 Å². The summed E-state index contributed by atoms with van der Waals surface area (Å²) in [6.45, 7) is 23.9. The lowest BCUT2D eigenvalue weighted by atomic mass is 10.6. The highest BCUT2D eigenvalue weighted by atomic mass is 35.5. The second kappa shape index (κ2) is 8.94. The third-order valence-electron chi connectivity index (χ3n) is 2.79. The molecule has 24 heavy (non-hydrogen) atoms. The summed E-state index contributed by atoms with van der Waals surface area (Å²) in [6, 6.07) is 0.882. The molecule has 4 nitrogen and oxygen atoms in total. The smallest absolute Gasteiger partial charge is 0.317 e. The first-order chi connectivity index (χ1) is 10.4. The molecule has 0 aromatic rings. The maximum absolute atomic E-state index is 6.63. The summed E-state index contributed by atoms with van der Waals surface area (Å²) in [5.74, 6) is 0.628. The highest BCUT2D eigenvalue weighted by Crippen LogP contribution is 2.29. The topological polar surface area (TPSA) is 36.9 Å². The van der Waals surface area contributed by atoms with E-state index in [0.717, 1.165) is 12.5 Å².